The van der Waals surface area contributed by atoms with Crippen LogP contribution >= 0.6 is 0 Å². The molecule has 0 radical (unpaired) electrons. The molecule has 8 nitrogen and oxygen atoms in total. The summed E-state index contributed by atoms with van der Waals surface area (Å²) in [5.74, 6) is 1.89. The predicted molar refractivity (Wildman–Crippen MR) is 126 cm³/mol. The third kappa shape index (κ3) is 6.48. The lowest BCUT2D eigenvalue weighted by atomic mass is 9.82. The van der Waals surface area contributed by atoms with Crippen molar-refractivity contribution < 1.29 is 38.0 Å². The van der Waals surface area contributed by atoms with Crippen LogP contribution < -0.4 is 14.2 Å². The van der Waals surface area contributed by atoms with Gasteiger partial charge < -0.3 is 33.2 Å². The van der Waals surface area contributed by atoms with Gasteiger partial charge in [-0.05, 0) is 55.2 Å². The van der Waals surface area contributed by atoms with Crippen molar-refractivity contribution in [3.63, 3.8) is 0 Å². The number of benzene rings is 2. The SMILES string of the molecule is COCOc1ccc(C(=O)C2CCCC2c2cc(OCOC)cc(COC)c2OCOC)cc1. The molecule has 0 N–H and O–H groups in total. The lowest BCUT2D eigenvalue weighted by molar-refractivity contribution is 0.0452. The molecule has 186 valence electrons. The zero-order valence-corrected chi connectivity index (χ0v) is 20.3. The molecule has 1 aliphatic carbocycles. The van der Waals surface area contributed by atoms with Gasteiger partial charge in [0.1, 0.15) is 17.2 Å². The number of ketones is 1. The number of carbonyl (C=O) groups excluding carboxylic acids is 1. The van der Waals surface area contributed by atoms with E-state index in [0.29, 0.717) is 29.4 Å². The Hall–Kier alpha value is -2.65. The number of ether oxygens (including phenoxy) is 7. The number of methoxy groups -OCH3 is 4. The van der Waals surface area contributed by atoms with E-state index in [2.05, 4.69) is 0 Å². The van der Waals surface area contributed by atoms with Gasteiger partial charge in [-0.15, -0.1) is 0 Å². The number of rotatable bonds is 14. The molecule has 2 atom stereocenters. The van der Waals surface area contributed by atoms with E-state index in [1.807, 2.05) is 12.1 Å². The van der Waals surface area contributed by atoms with Gasteiger partial charge in [-0.3, -0.25) is 4.79 Å². The van der Waals surface area contributed by atoms with E-state index in [1.54, 1.807) is 52.7 Å². The van der Waals surface area contributed by atoms with Crippen molar-refractivity contribution in [2.45, 2.75) is 31.8 Å². The van der Waals surface area contributed by atoms with E-state index in [-0.39, 0.29) is 38.0 Å². The van der Waals surface area contributed by atoms with Gasteiger partial charge in [0.15, 0.2) is 26.2 Å². The second-order valence-electron chi connectivity index (χ2n) is 8.12. The minimum atomic E-state index is -0.177. The summed E-state index contributed by atoms with van der Waals surface area (Å²) in [7, 11) is 6.35. The molecule has 2 aromatic carbocycles. The Morgan fingerprint density at radius 2 is 1.44 bits per heavy atom. The number of hydrogen-bond acceptors (Lipinski definition) is 8. The Labute approximate surface area is 201 Å². The van der Waals surface area contributed by atoms with E-state index in [9.17, 15) is 4.79 Å². The zero-order valence-electron chi connectivity index (χ0n) is 20.3. The molecule has 0 aromatic heterocycles. The van der Waals surface area contributed by atoms with Crippen LogP contribution in [0.4, 0.5) is 0 Å². The molecule has 3 rings (SSSR count). The van der Waals surface area contributed by atoms with Crippen molar-refractivity contribution in [2.75, 3.05) is 48.8 Å². The first kappa shape index (κ1) is 26.0. The third-order valence-electron chi connectivity index (χ3n) is 5.87. The second kappa shape index (κ2) is 13.3. The molecule has 1 fully saturated rings. The maximum absolute atomic E-state index is 13.5. The molecule has 0 bridgehead atoms. The zero-order chi connectivity index (χ0) is 24.3. The Kier molecular flexibility index (Phi) is 10.2. The van der Waals surface area contributed by atoms with Crippen molar-refractivity contribution in [3.8, 4) is 17.2 Å². The average Bonchev–Trinajstić information content (AvgIpc) is 3.35. The second-order valence-corrected chi connectivity index (χ2v) is 8.12. The highest BCUT2D eigenvalue weighted by atomic mass is 16.7. The van der Waals surface area contributed by atoms with Crippen LogP contribution in [-0.2, 0) is 25.6 Å². The highest BCUT2D eigenvalue weighted by Crippen LogP contribution is 2.47. The molecule has 8 heteroatoms. The van der Waals surface area contributed by atoms with Crippen LogP contribution in [0.15, 0.2) is 36.4 Å². The lowest BCUT2D eigenvalue weighted by Gasteiger charge is -2.24. The van der Waals surface area contributed by atoms with Gasteiger partial charge in [0.25, 0.3) is 0 Å². The smallest absolute Gasteiger partial charge is 0.188 e. The van der Waals surface area contributed by atoms with Crippen LogP contribution in [0.3, 0.4) is 0 Å². The monoisotopic (exact) mass is 474 g/mol. The fourth-order valence-electron chi connectivity index (χ4n) is 4.43. The van der Waals surface area contributed by atoms with Crippen LogP contribution in [0.2, 0.25) is 0 Å². The first-order valence-electron chi connectivity index (χ1n) is 11.3. The van der Waals surface area contributed by atoms with Crippen LogP contribution in [0.1, 0.15) is 46.7 Å². The maximum atomic E-state index is 13.5. The topological polar surface area (TPSA) is 81.7 Å². The fraction of sp³-hybridized carbons (Fsp3) is 0.500. The quantitative estimate of drug-likeness (QED) is 0.291. The minimum absolute atomic E-state index is 0.0227. The van der Waals surface area contributed by atoms with E-state index < -0.39 is 0 Å². The molecular weight excluding hydrogens is 440 g/mol. The molecule has 0 spiro atoms. The van der Waals surface area contributed by atoms with Gasteiger partial charge in [0.2, 0.25) is 0 Å². The Morgan fingerprint density at radius 1 is 0.794 bits per heavy atom. The van der Waals surface area contributed by atoms with Crippen molar-refractivity contribution in [2.24, 2.45) is 5.92 Å². The normalized spacial score (nSPS) is 17.5. The van der Waals surface area contributed by atoms with Crippen LogP contribution in [-0.4, -0.2) is 54.6 Å². The summed E-state index contributed by atoms with van der Waals surface area (Å²) in [5.41, 5.74) is 2.42. The molecule has 34 heavy (non-hydrogen) atoms. The molecule has 0 heterocycles. The van der Waals surface area contributed by atoms with E-state index in [1.165, 1.54) is 0 Å². The molecule has 1 aliphatic rings. The summed E-state index contributed by atoms with van der Waals surface area (Å²) >= 11 is 0. The largest absolute Gasteiger partial charge is 0.468 e. The summed E-state index contributed by atoms with van der Waals surface area (Å²) < 4.78 is 37.8. The molecule has 2 unspecified atom stereocenters. The molecule has 1 saturated carbocycles. The maximum Gasteiger partial charge on any atom is 0.188 e. The Morgan fingerprint density at radius 3 is 2.09 bits per heavy atom. The Bertz CT molecular complexity index is 912. The lowest BCUT2D eigenvalue weighted by Crippen LogP contribution is -2.19. The number of hydrogen-bond donors (Lipinski definition) is 0. The van der Waals surface area contributed by atoms with E-state index in [4.69, 9.17) is 33.2 Å². The molecule has 0 amide bonds. The Balaban J connectivity index is 1.93. The van der Waals surface area contributed by atoms with Crippen molar-refractivity contribution in [1.29, 1.82) is 0 Å². The van der Waals surface area contributed by atoms with Crippen molar-refractivity contribution in [3.05, 3.63) is 53.1 Å². The molecular formula is C26H34O8. The predicted octanol–water partition coefficient (Wildman–Crippen LogP) is 4.55. The fourth-order valence-corrected chi connectivity index (χ4v) is 4.43. The van der Waals surface area contributed by atoms with Crippen LogP contribution in [0, 0.1) is 5.92 Å². The van der Waals surface area contributed by atoms with Gasteiger partial charge >= 0.3 is 0 Å². The highest BCUT2D eigenvalue weighted by molar-refractivity contribution is 5.98. The standard InChI is InChI=1S/C26H34O8/c1-28-14-19-12-21(33-16-30-3)13-24(26(19)34-17-31-4)22-6-5-7-23(22)25(27)18-8-10-20(11-9-18)32-15-29-2/h8-13,22-23H,5-7,14-17H2,1-4H3. The third-order valence-corrected chi connectivity index (χ3v) is 5.87. The van der Waals surface area contributed by atoms with Crippen molar-refractivity contribution in [1.82, 2.24) is 0 Å². The number of carbonyl (C=O) groups is 1. The summed E-state index contributed by atoms with van der Waals surface area (Å²) in [6, 6.07) is 11.0. The van der Waals surface area contributed by atoms with E-state index >= 15 is 0 Å². The first-order valence-corrected chi connectivity index (χ1v) is 11.3. The van der Waals surface area contributed by atoms with Gasteiger partial charge in [-0.25, -0.2) is 0 Å². The van der Waals surface area contributed by atoms with Crippen LogP contribution in [0.25, 0.3) is 0 Å². The summed E-state index contributed by atoms with van der Waals surface area (Å²) in [5, 5.41) is 0. The molecule has 2 aromatic rings. The number of Topliss-reactive ketones (excluding diaryl/α,β-unsaturated/α-hetero) is 1. The van der Waals surface area contributed by atoms with Gasteiger partial charge in [-0.2, -0.15) is 0 Å². The summed E-state index contributed by atoms with van der Waals surface area (Å²) in [4.78, 5) is 13.5. The van der Waals surface area contributed by atoms with E-state index in [0.717, 1.165) is 30.4 Å². The molecule has 0 aliphatic heterocycles. The average molecular weight is 475 g/mol. The summed E-state index contributed by atoms with van der Waals surface area (Å²) in [6.45, 7) is 0.711. The van der Waals surface area contributed by atoms with Gasteiger partial charge in [-0.1, -0.05) is 6.42 Å². The molecule has 0 saturated heterocycles. The van der Waals surface area contributed by atoms with Gasteiger partial charge in [0, 0.05) is 51.0 Å². The minimum Gasteiger partial charge on any atom is -0.468 e. The summed E-state index contributed by atoms with van der Waals surface area (Å²) in [6.07, 6.45) is 2.62. The first-order chi connectivity index (χ1) is 16.6. The highest BCUT2D eigenvalue weighted by Gasteiger charge is 2.37. The van der Waals surface area contributed by atoms with Gasteiger partial charge in [0.05, 0.1) is 6.61 Å². The van der Waals surface area contributed by atoms with Crippen molar-refractivity contribution >= 4 is 5.78 Å². The van der Waals surface area contributed by atoms with Crippen LogP contribution in [0.5, 0.6) is 17.2 Å².